The van der Waals surface area contributed by atoms with Gasteiger partial charge in [-0.1, -0.05) is 12.1 Å². The number of allylic oxidation sites excluding steroid dienone is 1. The summed E-state index contributed by atoms with van der Waals surface area (Å²) in [5.74, 6) is -2.12. The van der Waals surface area contributed by atoms with Crippen molar-refractivity contribution in [1.29, 1.82) is 0 Å². The number of ether oxygens (including phenoxy) is 3. The molecule has 0 saturated heterocycles. The molecule has 0 radical (unpaired) electrons. The van der Waals surface area contributed by atoms with Gasteiger partial charge < -0.3 is 14.2 Å². The molecule has 0 bridgehead atoms. The van der Waals surface area contributed by atoms with Crippen molar-refractivity contribution < 1.29 is 23.8 Å². The molecule has 1 N–H and O–H groups in total. The number of rotatable bonds is 2. The number of nitrogens with one attached hydrogen (secondary N) is 1. The minimum atomic E-state index is -1.46. The summed E-state index contributed by atoms with van der Waals surface area (Å²) in [7, 11) is 0. The second-order valence-corrected chi connectivity index (χ2v) is 4.43. The molecular formula is C14H13NO5. The van der Waals surface area contributed by atoms with E-state index in [1.807, 2.05) is 0 Å². The molecule has 6 nitrogen and oxygen atoms in total. The lowest BCUT2D eigenvalue weighted by molar-refractivity contribution is -0.181. The zero-order valence-corrected chi connectivity index (χ0v) is 11.1. The predicted molar refractivity (Wildman–Crippen MR) is 67.1 cm³/mol. The fourth-order valence-corrected chi connectivity index (χ4v) is 2.29. The van der Waals surface area contributed by atoms with Crippen molar-refractivity contribution in [1.82, 2.24) is 5.32 Å². The number of carbonyl (C=O) groups excluding carboxylic acids is 2. The molecule has 0 fully saturated rings. The highest BCUT2D eigenvalue weighted by Gasteiger charge is 2.53. The molecule has 20 heavy (non-hydrogen) atoms. The van der Waals surface area contributed by atoms with Crippen molar-refractivity contribution >= 4 is 11.9 Å². The average molecular weight is 275 g/mol. The van der Waals surface area contributed by atoms with E-state index in [0.717, 1.165) is 0 Å². The summed E-state index contributed by atoms with van der Waals surface area (Å²) in [6.07, 6.45) is 0. The first-order chi connectivity index (χ1) is 9.57. The standard InChI is InChI=1S/C14H13NO5/c1-3-18-13(17)11-8(2)19-14(20-11)10-7-5-4-6-9(10)12(16)15-14/h4-7H,3H2,1-2H3,(H,15,16). The quantitative estimate of drug-likeness (QED) is 0.825. The Hall–Kier alpha value is -2.50. The topological polar surface area (TPSA) is 73.9 Å². The second kappa shape index (κ2) is 4.26. The van der Waals surface area contributed by atoms with Crippen molar-refractivity contribution in [2.24, 2.45) is 0 Å². The Balaban J connectivity index is 1.96. The zero-order valence-electron chi connectivity index (χ0n) is 11.1. The summed E-state index contributed by atoms with van der Waals surface area (Å²) < 4.78 is 16.1. The van der Waals surface area contributed by atoms with Crippen LogP contribution < -0.4 is 5.32 Å². The van der Waals surface area contributed by atoms with E-state index >= 15 is 0 Å². The second-order valence-electron chi connectivity index (χ2n) is 4.43. The molecule has 104 valence electrons. The number of esters is 1. The number of amides is 1. The SMILES string of the molecule is CCOC(=O)C1=C(C)OC2(NC(=O)c3ccccc32)O1. The molecule has 0 aliphatic carbocycles. The molecule has 1 spiro atoms. The van der Waals surface area contributed by atoms with E-state index in [1.54, 1.807) is 38.1 Å². The van der Waals surface area contributed by atoms with Crippen LogP contribution in [0.4, 0.5) is 0 Å². The highest BCUT2D eigenvalue weighted by Crippen LogP contribution is 2.42. The lowest BCUT2D eigenvalue weighted by Crippen LogP contribution is -2.41. The maximum atomic E-state index is 11.9. The summed E-state index contributed by atoms with van der Waals surface area (Å²) in [5, 5.41) is 2.62. The van der Waals surface area contributed by atoms with Gasteiger partial charge in [0.15, 0.2) is 5.76 Å². The Kier molecular flexibility index (Phi) is 2.67. The fraction of sp³-hybridized carbons (Fsp3) is 0.286. The number of hydrogen-bond acceptors (Lipinski definition) is 5. The molecule has 1 atom stereocenters. The Morgan fingerprint density at radius 1 is 1.35 bits per heavy atom. The van der Waals surface area contributed by atoms with Gasteiger partial charge in [0.25, 0.3) is 5.91 Å². The van der Waals surface area contributed by atoms with Crippen LogP contribution in [0.15, 0.2) is 35.8 Å². The molecule has 3 rings (SSSR count). The number of fused-ring (bicyclic) bond motifs is 2. The largest absolute Gasteiger partial charge is 0.460 e. The van der Waals surface area contributed by atoms with E-state index in [0.29, 0.717) is 11.1 Å². The Morgan fingerprint density at radius 3 is 2.85 bits per heavy atom. The van der Waals surface area contributed by atoms with Gasteiger partial charge in [-0.25, -0.2) is 4.79 Å². The first-order valence-corrected chi connectivity index (χ1v) is 6.25. The van der Waals surface area contributed by atoms with Crippen LogP contribution in [0.3, 0.4) is 0 Å². The van der Waals surface area contributed by atoms with E-state index in [-0.39, 0.29) is 24.0 Å². The number of carbonyl (C=O) groups is 2. The van der Waals surface area contributed by atoms with E-state index in [2.05, 4.69) is 5.32 Å². The highest BCUT2D eigenvalue weighted by molar-refractivity contribution is 5.99. The molecule has 0 saturated carbocycles. The molecule has 2 aliphatic rings. The van der Waals surface area contributed by atoms with Crippen molar-refractivity contribution in [2.75, 3.05) is 6.61 Å². The summed E-state index contributed by atoms with van der Waals surface area (Å²) >= 11 is 0. The Labute approximate surface area is 115 Å². The van der Waals surface area contributed by atoms with Crippen LogP contribution in [0.2, 0.25) is 0 Å². The van der Waals surface area contributed by atoms with Crippen LogP contribution in [0.25, 0.3) is 0 Å². The summed E-state index contributed by atoms with van der Waals surface area (Å²) in [6, 6.07) is 6.91. The monoisotopic (exact) mass is 275 g/mol. The van der Waals surface area contributed by atoms with E-state index in [9.17, 15) is 9.59 Å². The van der Waals surface area contributed by atoms with Gasteiger partial charge in [-0.2, -0.15) is 0 Å². The summed E-state index contributed by atoms with van der Waals surface area (Å²) in [6.45, 7) is 3.52. The highest BCUT2D eigenvalue weighted by atomic mass is 16.8. The summed E-state index contributed by atoms with van der Waals surface area (Å²) in [5.41, 5.74) is 1.01. The lowest BCUT2D eigenvalue weighted by Gasteiger charge is -2.23. The fourth-order valence-electron chi connectivity index (χ4n) is 2.29. The van der Waals surface area contributed by atoms with Crippen molar-refractivity contribution in [3.8, 4) is 0 Å². The number of benzene rings is 1. The molecule has 1 unspecified atom stereocenters. The summed E-state index contributed by atoms with van der Waals surface area (Å²) in [4.78, 5) is 23.7. The van der Waals surface area contributed by atoms with Crippen LogP contribution in [-0.2, 0) is 24.9 Å². The molecule has 6 heteroatoms. The maximum absolute atomic E-state index is 11.9. The van der Waals surface area contributed by atoms with Gasteiger partial charge in [-0.3, -0.25) is 10.1 Å². The molecule has 1 aromatic rings. The Morgan fingerprint density at radius 2 is 2.10 bits per heavy atom. The zero-order chi connectivity index (χ0) is 14.3. The Bertz CT molecular complexity index is 636. The molecule has 1 amide bonds. The molecule has 0 aromatic heterocycles. The third-order valence-electron chi connectivity index (χ3n) is 3.13. The van der Waals surface area contributed by atoms with Gasteiger partial charge in [0, 0.05) is 0 Å². The smallest absolute Gasteiger partial charge is 0.377 e. The minimum absolute atomic E-state index is 0.0242. The molecule has 2 heterocycles. The van der Waals surface area contributed by atoms with E-state index < -0.39 is 11.9 Å². The van der Waals surface area contributed by atoms with E-state index in [1.165, 1.54) is 0 Å². The van der Waals surface area contributed by atoms with Crippen molar-refractivity contribution in [3.63, 3.8) is 0 Å². The normalized spacial score (nSPS) is 23.2. The van der Waals surface area contributed by atoms with Crippen LogP contribution in [0.1, 0.15) is 29.8 Å². The van der Waals surface area contributed by atoms with Gasteiger partial charge >= 0.3 is 11.9 Å². The number of hydrogen-bond donors (Lipinski definition) is 1. The lowest BCUT2D eigenvalue weighted by atomic mass is 10.1. The van der Waals surface area contributed by atoms with Gasteiger partial charge in [0.1, 0.15) is 0 Å². The average Bonchev–Trinajstić information content (AvgIpc) is 2.90. The molecule has 1 aromatic carbocycles. The predicted octanol–water partition coefficient (Wildman–Crippen LogP) is 1.38. The first kappa shape index (κ1) is 12.5. The first-order valence-electron chi connectivity index (χ1n) is 6.25. The van der Waals surface area contributed by atoms with Gasteiger partial charge in [0.05, 0.1) is 17.7 Å². The molecule has 2 aliphatic heterocycles. The maximum Gasteiger partial charge on any atom is 0.377 e. The third kappa shape index (κ3) is 1.65. The van der Waals surface area contributed by atoms with Gasteiger partial charge in [0.2, 0.25) is 5.76 Å². The third-order valence-corrected chi connectivity index (χ3v) is 3.13. The van der Waals surface area contributed by atoms with E-state index in [4.69, 9.17) is 14.2 Å². The van der Waals surface area contributed by atoms with Gasteiger partial charge in [-0.15, -0.1) is 0 Å². The van der Waals surface area contributed by atoms with Crippen LogP contribution >= 0.6 is 0 Å². The van der Waals surface area contributed by atoms with Crippen molar-refractivity contribution in [2.45, 2.75) is 19.8 Å². The van der Waals surface area contributed by atoms with Crippen LogP contribution in [-0.4, -0.2) is 18.5 Å². The molecular weight excluding hydrogens is 262 g/mol. The van der Waals surface area contributed by atoms with Crippen LogP contribution in [0.5, 0.6) is 0 Å². The van der Waals surface area contributed by atoms with Crippen LogP contribution in [0, 0.1) is 0 Å². The van der Waals surface area contributed by atoms with Gasteiger partial charge in [-0.05, 0) is 26.0 Å². The minimum Gasteiger partial charge on any atom is -0.460 e. The van der Waals surface area contributed by atoms with Crippen molar-refractivity contribution in [3.05, 3.63) is 46.9 Å².